The van der Waals surface area contributed by atoms with Crippen LogP contribution in [0.25, 0.3) is 0 Å². The highest BCUT2D eigenvalue weighted by atomic mass is 32.2. The van der Waals surface area contributed by atoms with Crippen LogP contribution in [0.3, 0.4) is 0 Å². The van der Waals surface area contributed by atoms with E-state index in [-0.39, 0.29) is 16.7 Å². The van der Waals surface area contributed by atoms with Gasteiger partial charge in [0.1, 0.15) is 5.82 Å². The van der Waals surface area contributed by atoms with E-state index in [1.54, 1.807) is 0 Å². The lowest BCUT2D eigenvalue weighted by Gasteiger charge is -2.03. The minimum atomic E-state index is -0.924. The molecule has 0 saturated heterocycles. The summed E-state index contributed by atoms with van der Waals surface area (Å²) in [4.78, 5) is 62.6. The molecule has 20 heavy (non-hydrogen) atoms. The van der Waals surface area contributed by atoms with Crippen molar-refractivity contribution >= 4 is 40.5 Å². The first-order chi connectivity index (χ1) is 9.44. The molecule has 11 heteroatoms. The van der Waals surface area contributed by atoms with Gasteiger partial charge in [-0.15, -0.1) is 0 Å². The fraction of sp³-hybridized carbons (Fsp3) is 0.111. The summed E-state index contributed by atoms with van der Waals surface area (Å²) in [6.07, 6.45) is 0. The first-order valence-corrected chi connectivity index (χ1v) is 6.13. The highest BCUT2D eigenvalue weighted by Gasteiger charge is 2.23. The topological polar surface area (TPSA) is 153 Å². The Balaban J connectivity index is 1.92. The maximum atomic E-state index is 11.5. The van der Waals surface area contributed by atoms with Gasteiger partial charge in [0.05, 0.1) is 5.75 Å². The predicted octanol–water partition coefficient (Wildman–Crippen LogP) is -2.25. The average Bonchev–Trinajstić information content (AvgIpc) is 2.65. The first-order valence-electron chi connectivity index (χ1n) is 5.14. The van der Waals surface area contributed by atoms with Crippen LogP contribution in [0.15, 0.2) is 20.6 Å². The zero-order valence-electron chi connectivity index (χ0n) is 9.68. The van der Waals surface area contributed by atoms with Crippen molar-refractivity contribution in [2.45, 2.75) is 0 Å². The van der Waals surface area contributed by atoms with Crippen LogP contribution in [-0.4, -0.2) is 38.6 Å². The quantitative estimate of drug-likeness (QED) is 0.462. The summed E-state index contributed by atoms with van der Waals surface area (Å²) >= 11 is 0.835. The highest BCUT2D eigenvalue weighted by molar-refractivity contribution is 8.14. The summed E-state index contributed by atoms with van der Waals surface area (Å²) in [5.41, 5.74) is -1.41. The number of aromatic amines is 2. The standard InChI is InChI=1S/C9H7N5O5S/c15-4-1-3(11-8(19)12-4)10-5(16)2-20-9-13-6(17)7(18)14-9/h1H,2H2,(H,13,14,17,18)(H3,10,11,12,15,16,19). The van der Waals surface area contributed by atoms with Crippen LogP contribution in [0.1, 0.15) is 0 Å². The van der Waals surface area contributed by atoms with E-state index in [0.717, 1.165) is 17.8 Å². The molecule has 3 amide bonds. The fourth-order valence-corrected chi connectivity index (χ4v) is 1.90. The van der Waals surface area contributed by atoms with E-state index in [0.29, 0.717) is 0 Å². The number of amidine groups is 1. The van der Waals surface area contributed by atoms with Gasteiger partial charge >= 0.3 is 17.5 Å². The molecule has 0 fully saturated rings. The molecule has 0 aromatic carbocycles. The van der Waals surface area contributed by atoms with Crippen molar-refractivity contribution in [2.24, 2.45) is 4.99 Å². The van der Waals surface area contributed by atoms with Crippen molar-refractivity contribution in [3.05, 3.63) is 26.9 Å². The molecule has 0 radical (unpaired) electrons. The molecule has 2 rings (SSSR count). The molecular formula is C9H7N5O5S. The molecule has 0 unspecified atom stereocenters. The number of anilines is 1. The zero-order chi connectivity index (χ0) is 14.7. The Kier molecular flexibility index (Phi) is 3.79. The number of thioether (sulfide) groups is 1. The molecule has 1 aliphatic rings. The summed E-state index contributed by atoms with van der Waals surface area (Å²) in [6.45, 7) is 0. The fourth-order valence-electron chi connectivity index (χ4n) is 1.25. The number of amides is 3. The zero-order valence-corrected chi connectivity index (χ0v) is 10.5. The van der Waals surface area contributed by atoms with E-state index in [9.17, 15) is 24.0 Å². The number of carbonyl (C=O) groups excluding carboxylic acids is 3. The van der Waals surface area contributed by atoms with Crippen molar-refractivity contribution in [3.63, 3.8) is 0 Å². The van der Waals surface area contributed by atoms with Gasteiger partial charge in [-0.1, -0.05) is 11.8 Å². The number of H-pyrrole nitrogens is 2. The number of rotatable bonds is 3. The van der Waals surface area contributed by atoms with Gasteiger partial charge < -0.3 is 5.32 Å². The third kappa shape index (κ3) is 3.41. The largest absolute Gasteiger partial charge is 0.337 e. The number of hydrogen-bond acceptors (Lipinski definition) is 6. The molecule has 2 heterocycles. The molecule has 1 aliphatic heterocycles. The number of nitrogens with one attached hydrogen (secondary N) is 4. The maximum absolute atomic E-state index is 11.5. The van der Waals surface area contributed by atoms with E-state index in [1.807, 2.05) is 4.98 Å². The van der Waals surface area contributed by atoms with Crippen LogP contribution in [0.4, 0.5) is 5.82 Å². The molecule has 10 nitrogen and oxygen atoms in total. The smallest absolute Gasteiger partial charge is 0.311 e. The van der Waals surface area contributed by atoms with E-state index in [2.05, 4.69) is 20.6 Å². The van der Waals surface area contributed by atoms with Crippen molar-refractivity contribution in [2.75, 3.05) is 11.1 Å². The van der Waals surface area contributed by atoms with Gasteiger partial charge in [-0.3, -0.25) is 34.5 Å². The number of aromatic nitrogens is 2. The molecule has 1 aromatic rings. The Morgan fingerprint density at radius 3 is 2.60 bits per heavy atom. The number of aliphatic imine (C=N–C) groups is 1. The summed E-state index contributed by atoms with van der Waals surface area (Å²) in [7, 11) is 0. The van der Waals surface area contributed by atoms with Crippen LogP contribution in [0, 0.1) is 0 Å². The molecule has 0 atom stereocenters. The number of carbonyl (C=O) groups is 3. The summed E-state index contributed by atoms with van der Waals surface area (Å²) < 4.78 is 0. The van der Waals surface area contributed by atoms with Gasteiger partial charge in [0, 0.05) is 6.07 Å². The van der Waals surface area contributed by atoms with E-state index >= 15 is 0 Å². The molecule has 0 bridgehead atoms. The lowest BCUT2D eigenvalue weighted by molar-refractivity contribution is -0.135. The molecule has 0 aliphatic carbocycles. The van der Waals surface area contributed by atoms with Crippen LogP contribution < -0.4 is 21.9 Å². The Morgan fingerprint density at radius 2 is 2.00 bits per heavy atom. The van der Waals surface area contributed by atoms with Gasteiger partial charge in [0.15, 0.2) is 5.17 Å². The summed E-state index contributed by atoms with van der Waals surface area (Å²) in [5, 5.41) is 4.48. The summed E-state index contributed by atoms with van der Waals surface area (Å²) in [5.74, 6) is -2.55. The normalized spacial score (nSPS) is 13.9. The van der Waals surface area contributed by atoms with Gasteiger partial charge in [-0.05, 0) is 0 Å². The minimum Gasteiger partial charge on any atom is -0.311 e. The van der Waals surface area contributed by atoms with Crippen LogP contribution in [0.2, 0.25) is 0 Å². The predicted molar refractivity (Wildman–Crippen MR) is 69.4 cm³/mol. The van der Waals surface area contributed by atoms with E-state index in [4.69, 9.17) is 0 Å². The van der Waals surface area contributed by atoms with Gasteiger partial charge in [-0.2, -0.15) is 4.99 Å². The maximum Gasteiger partial charge on any atom is 0.337 e. The second kappa shape index (κ2) is 5.52. The molecule has 1 aromatic heterocycles. The lowest BCUT2D eigenvalue weighted by atomic mass is 10.5. The molecular weight excluding hydrogens is 290 g/mol. The third-order valence-electron chi connectivity index (χ3n) is 1.99. The van der Waals surface area contributed by atoms with Crippen LogP contribution in [0.5, 0.6) is 0 Å². The summed E-state index contributed by atoms with van der Waals surface area (Å²) in [6, 6.07) is 1.00. The van der Waals surface area contributed by atoms with Gasteiger partial charge in [0.2, 0.25) is 5.91 Å². The number of hydrogen-bond donors (Lipinski definition) is 4. The van der Waals surface area contributed by atoms with Crippen LogP contribution >= 0.6 is 11.8 Å². The Morgan fingerprint density at radius 1 is 1.25 bits per heavy atom. The number of nitrogens with zero attached hydrogens (tertiary/aromatic N) is 1. The SMILES string of the molecule is O=C(CSC1=NC(=O)C(=O)N1)Nc1cc(=O)[nH]c(=O)[nH]1. The first kappa shape index (κ1) is 13.7. The second-order valence-corrected chi connectivity index (χ2v) is 4.48. The van der Waals surface area contributed by atoms with Crippen LogP contribution in [-0.2, 0) is 14.4 Å². The average molecular weight is 297 g/mol. The Labute approximate surface area is 114 Å². The van der Waals surface area contributed by atoms with E-state index < -0.39 is 29.0 Å². The minimum absolute atomic E-state index is 0.0227. The Hall–Kier alpha value is -2.69. The van der Waals surface area contributed by atoms with Crippen molar-refractivity contribution in [3.8, 4) is 0 Å². The van der Waals surface area contributed by atoms with Gasteiger partial charge in [-0.25, -0.2) is 4.79 Å². The Bertz CT molecular complexity index is 704. The molecule has 4 N–H and O–H groups in total. The highest BCUT2D eigenvalue weighted by Crippen LogP contribution is 2.07. The van der Waals surface area contributed by atoms with E-state index in [1.165, 1.54) is 0 Å². The molecule has 0 saturated carbocycles. The van der Waals surface area contributed by atoms with Gasteiger partial charge in [0.25, 0.3) is 5.56 Å². The second-order valence-electron chi connectivity index (χ2n) is 3.51. The van der Waals surface area contributed by atoms with Crippen molar-refractivity contribution in [1.29, 1.82) is 0 Å². The molecule has 0 spiro atoms. The van der Waals surface area contributed by atoms with Crippen molar-refractivity contribution in [1.82, 2.24) is 15.3 Å². The lowest BCUT2D eigenvalue weighted by Crippen LogP contribution is -2.27. The monoisotopic (exact) mass is 297 g/mol. The van der Waals surface area contributed by atoms with Crippen molar-refractivity contribution < 1.29 is 14.4 Å². The third-order valence-corrected chi connectivity index (χ3v) is 2.87. The molecule has 104 valence electrons.